The van der Waals surface area contributed by atoms with Crippen LogP contribution in [0, 0.1) is 19.4 Å². The van der Waals surface area contributed by atoms with Gasteiger partial charge < -0.3 is 24.6 Å². The van der Waals surface area contributed by atoms with Crippen LogP contribution in [0.1, 0.15) is 46.0 Å². The molecule has 0 saturated heterocycles. The van der Waals surface area contributed by atoms with Gasteiger partial charge in [-0.2, -0.15) is 13.3 Å². The van der Waals surface area contributed by atoms with Crippen LogP contribution in [-0.2, 0) is 21.1 Å². The minimum Gasteiger partial charge on any atom is -0.508 e. The molecule has 0 spiro atoms. The van der Waals surface area contributed by atoms with Crippen molar-refractivity contribution in [2.24, 2.45) is 0 Å². The number of nitrogens with zero attached hydrogens (tertiary/aromatic N) is 5. The molecule has 0 bridgehead atoms. The molecule has 1 aromatic heterocycles. The fourth-order valence-corrected chi connectivity index (χ4v) is 3.60. The molecule has 0 N–H and O–H groups in total. The molecule has 0 aliphatic carbocycles. The van der Waals surface area contributed by atoms with Gasteiger partial charge in [-0.15, -0.1) is 35.9 Å². The third-order valence-electron chi connectivity index (χ3n) is 5.51. The third-order valence-corrected chi connectivity index (χ3v) is 5.51. The molecule has 2 aliphatic rings. The van der Waals surface area contributed by atoms with E-state index in [-0.39, 0.29) is 21.1 Å². The van der Waals surface area contributed by atoms with Crippen LogP contribution in [0.2, 0.25) is 0 Å². The normalized spacial score (nSPS) is 14.3. The first-order valence-corrected chi connectivity index (χ1v) is 12.3. The van der Waals surface area contributed by atoms with Crippen LogP contribution in [0.3, 0.4) is 0 Å². The van der Waals surface area contributed by atoms with Gasteiger partial charge in [0.1, 0.15) is 0 Å². The summed E-state index contributed by atoms with van der Waals surface area (Å²) in [6, 6.07) is 16.8. The minimum atomic E-state index is 0. The van der Waals surface area contributed by atoms with Gasteiger partial charge in [0.25, 0.3) is 0 Å². The van der Waals surface area contributed by atoms with Crippen LogP contribution in [0.5, 0.6) is 0 Å². The molecule has 0 unspecified atom stereocenters. The van der Waals surface area contributed by atoms with E-state index >= 15 is 0 Å². The molecule has 2 aromatic rings. The van der Waals surface area contributed by atoms with E-state index in [4.69, 9.17) is 0 Å². The van der Waals surface area contributed by atoms with Crippen molar-refractivity contribution in [1.82, 2.24) is 24.6 Å². The van der Waals surface area contributed by atoms with Crippen LogP contribution in [-0.4, -0.2) is 50.8 Å². The zero-order valence-electron chi connectivity index (χ0n) is 20.5. The third kappa shape index (κ3) is 9.93. The Bertz CT molecular complexity index is 758. The van der Waals surface area contributed by atoms with Crippen molar-refractivity contribution in [2.75, 3.05) is 26.2 Å². The average Bonchev–Trinajstić information content (AvgIpc) is 3.52. The molecular formula is C28H38N5Pt-3. The van der Waals surface area contributed by atoms with E-state index in [0.717, 1.165) is 37.4 Å². The smallest absolute Gasteiger partial charge is 0.0160 e. The maximum Gasteiger partial charge on any atom is 0.0160 e. The van der Waals surface area contributed by atoms with Gasteiger partial charge in [-0.05, 0) is 82.0 Å². The Labute approximate surface area is 221 Å². The maximum absolute atomic E-state index is 4.22. The quantitative estimate of drug-likeness (QED) is 0.284. The summed E-state index contributed by atoms with van der Waals surface area (Å²) in [5, 5.41) is 0. The zero-order valence-corrected chi connectivity index (χ0v) is 22.8. The summed E-state index contributed by atoms with van der Waals surface area (Å²) in [6.45, 7) is 13.4. The van der Waals surface area contributed by atoms with Crippen molar-refractivity contribution in [3.05, 3.63) is 92.9 Å². The zero-order chi connectivity index (χ0) is 23.1. The first-order valence-electron chi connectivity index (χ1n) is 12.3. The van der Waals surface area contributed by atoms with Crippen molar-refractivity contribution in [1.29, 1.82) is 0 Å². The second-order valence-corrected chi connectivity index (χ2v) is 8.33. The molecule has 0 fully saturated rings. The summed E-state index contributed by atoms with van der Waals surface area (Å²) in [7, 11) is 0. The van der Waals surface area contributed by atoms with E-state index in [1.54, 1.807) is 6.20 Å². The monoisotopic (exact) mass is 639 g/mol. The van der Waals surface area contributed by atoms with Gasteiger partial charge in [0.15, 0.2) is 0 Å². The van der Waals surface area contributed by atoms with E-state index in [0.29, 0.717) is 0 Å². The molecule has 0 saturated carbocycles. The van der Waals surface area contributed by atoms with Crippen LogP contribution in [0.25, 0.3) is 11.3 Å². The summed E-state index contributed by atoms with van der Waals surface area (Å²) in [5.41, 5.74) is 2.01. The van der Waals surface area contributed by atoms with E-state index in [2.05, 4.69) is 82.6 Å². The number of pyridine rings is 1. The van der Waals surface area contributed by atoms with Crippen LogP contribution >= 0.6 is 0 Å². The molecule has 188 valence electrons. The van der Waals surface area contributed by atoms with Gasteiger partial charge in [-0.25, -0.2) is 0 Å². The molecule has 0 atom stereocenters. The first kappa shape index (κ1) is 28.0. The van der Waals surface area contributed by atoms with Gasteiger partial charge in [0, 0.05) is 27.3 Å². The van der Waals surface area contributed by atoms with Gasteiger partial charge in [0.05, 0.1) is 0 Å². The summed E-state index contributed by atoms with van der Waals surface area (Å²) in [6.07, 6.45) is 16.7. The number of rotatable bonds is 11. The van der Waals surface area contributed by atoms with Crippen molar-refractivity contribution in [3.63, 3.8) is 0 Å². The summed E-state index contributed by atoms with van der Waals surface area (Å²) >= 11 is 0. The SMILES string of the molecule is CCCCN1C=CN(CCCN2C=CN(CCCC)[CH-]2)[CH-]1.[Pt].[c-]1ccccc1-c1ccccn1. The summed E-state index contributed by atoms with van der Waals surface area (Å²) < 4.78 is 0. The van der Waals surface area contributed by atoms with Crippen molar-refractivity contribution >= 4 is 0 Å². The Hall–Kier alpha value is -2.26. The fourth-order valence-electron chi connectivity index (χ4n) is 3.60. The molecular weight excluding hydrogens is 601 g/mol. The van der Waals surface area contributed by atoms with Gasteiger partial charge in [0.2, 0.25) is 0 Å². The molecule has 6 heteroatoms. The van der Waals surface area contributed by atoms with Crippen molar-refractivity contribution in [3.8, 4) is 11.3 Å². The Kier molecular flexibility index (Phi) is 13.5. The number of unbranched alkanes of at least 4 members (excludes halogenated alkanes) is 2. The minimum absolute atomic E-state index is 0. The molecule has 1 aromatic carbocycles. The number of hydrogen-bond acceptors (Lipinski definition) is 5. The van der Waals surface area contributed by atoms with E-state index in [1.807, 2.05) is 42.5 Å². The molecule has 34 heavy (non-hydrogen) atoms. The van der Waals surface area contributed by atoms with Gasteiger partial charge in [-0.1, -0.05) is 38.8 Å². The molecule has 3 heterocycles. The molecule has 0 radical (unpaired) electrons. The summed E-state index contributed by atoms with van der Waals surface area (Å²) in [4.78, 5) is 13.4. The Morgan fingerprint density at radius 2 is 1.24 bits per heavy atom. The largest absolute Gasteiger partial charge is 0.508 e. The van der Waals surface area contributed by atoms with Crippen LogP contribution in [0.4, 0.5) is 0 Å². The molecule has 2 aliphatic heterocycles. The second-order valence-electron chi connectivity index (χ2n) is 8.33. The maximum atomic E-state index is 4.22. The second kappa shape index (κ2) is 16.4. The predicted molar refractivity (Wildman–Crippen MR) is 137 cm³/mol. The molecule has 0 amide bonds. The molecule has 4 rings (SSSR count). The van der Waals surface area contributed by atoms with Crippen molar-refractivity contribution < 1.29 is 21.1 Å². The number of aromatic nitrogens is 1. The predicted octanol–water partition coefficient (Wildman–Crippen LogP) is 5.94. The Morgan fingerprint density at radius 3 is 1.68 bits per heavy atom. The van der Waals surface area contributed by atoms with Crippen LogP contribution in [0.15, 0.2) is 73.5 Å². The Morgan fingerprint density at radius 1 is 0.706 bits per heavy atom. The fraction of sp³-hybridized carbons (Fsp3) is 0.393. The average molecular weight is 640 g/mol. The molecule has 5 nitrogen and oxygen atoms in total. The number of benzene rings is 1. The topological polar surface area (TPSA) is 25.9 Å². The number of hydrogen-bond donors (Lipinski definition) is 0. The van der Waals surface area contributed by atoms with E-state index in [9.17, 15) is 0 Å². The van der Waals surface area contributed by atoms with E-state index in [1.165, 1.54) is 32.1 Å². The van der Waals surface area contributed by atoms with Gasteiger partial charge in [-0.3, -0.25) is 0 Å². The van der Waals surface area contributed by atoms with Crippen LogP contribution < -0.4 is 0 Å². The Balaban J connectivity index is 0.000000266. The van der Waals surface area contributed by atoms with Crippen molar-refractivity contribution in [2.45, 2.75) is 46.0 Å². The summed E-state index contributed by atoms with van der Waals surface area (Å²) in [5.74, 6) is 0. The van der Waals surface area contributed by atoms with E-state index < -0.39 is 0 Å². The first-order chi connectivity index (χ1) is 16.3. The standard InChI is InChI=1S/C17H30N4.C11H8N.Pt/c1-3-5-8-18-12-14-20(16-18)10-7-11-21-15-13-19(17-21)9-6-4-2;1-2-6-10(7-3-1)11-8-4-5-9-12-11;/h12-17H,3-11H2,1-2H3;1-6,8-9H;/q-2;-1;. The van der Waals surface area contributed by atoms with Gasteiger partial charge >= 0.3 is 0 Å².